The SMILES string of the molecule is CC1SCc2c1n(-c1cc[nH]n1)cc(NC1CCCC1)c2=O. The molecule has 0 amide bonds. The minimum Gasteiger partial charge on any atom is -0.378 e. The molecule has 1 unspecified atom stereocenters. The average Bonchev–Trinajstić information content (AvgIpc) is 3.24. The van der Waals surface area contributed by atoms with Gasteiger partial charge < -0.3 is 9.88 Å². The molecule has 22 heavy (non-hydrogen) atoms. The van der Waals surface area contributed by atoms with Crippen LogP contribution in [0.2, 0.25) is 0 Å². The first-order chi connectivity index (χ1) is 10.7. The van der Waals surface area contributed by atoms with E-state index in [1.54, 1.807) is 0 Å². The Labute approximate surface area is 133 Å². The van der Waals surface area contributed by atoms with E-state index in [0.717, 1.165) is 41.4 Å². The van der Waals surface area contributed by atoms with E-state index < -0.39 is 0 Å². The quantitative estimate of drug-likeness (QED) is 0.912. The second-order valence-electron chi connectivity index (χ2n) is 6.12. The van der Waals surface area contributed by atoms with Gasteiger partial charge in [-0.05, 0) is 19.8 Å². The van der Waals surface area contributed by atoms with E-state index in [1.807, 2.05) is 30.2 Å². The molecule has 6 heteroatoms. The standard InChI is InChI=1S/C16H20N4OS/c1-10-15-12(9-22-10)16(21)13(18-11-4-2-3-5-11)8-20(15)14-6-7-17-19-14/h6-8,10-11,18H,2-5,9H2,1H3,(H,17,19). The fourth-order valence-corrected chi connectivity index (χ4v) is 4.63. The second kappa shape index (κ2) is 5.50. The van der Waals surface area contributed by atoms with Gasteiger partial charge in [-0.2, -0.15) is 5.10 Å². The van der Waals surface area contributed by atoms with Crippen LogP contribution in [0.1, 0.15) is 49.1 Å². The number of fused-ring (bicyclic) bond motifs is 1. The van der Waals surface area contributed by atoms with Crippen molar-refractivity contribution in [3.05, 3.63) is 39.9 Å². The van der Waals surface area contributed by atoms with Crippen LogP contribution < -0.4 is 10.7 Å². The largest absolute Gasteiger partial charge is 0.378 e. The highest BCUT2D eigenvalue weighted by molar-refractivity contribution is 7.99. The van der Waals surface area contributed by atoms with Gasteiger partial charge in [-0.25, -0.2) is 0 Å². The van der Waals surface area contributed by atoms with E-state index >= 15 is 0 Å². The second-order valence-corrected chi connectivity index (χ2v) is 7.45. The summed E-state index contributed by atoms with van der Waals surface area (Å²) in [5.74, 6) is 1.64. The van der Waals surface area contributed by atoms with Crippen LogP contribution in [0.15, 0.2) is 23.3 Å². The van der Waals surface area contributed by atoms with Gasteiger partial charge in [0.25, 0.3) is 0 Å². The normalized spacial score (nSPS) is 21.2. The lowest BCUT2D eigenvalue weighted by molar-refractivity contribution is 0.749. The molecule has 0 bridgehead atoms. The predicted octanol–water partition coefficient (Wildman–Crippen LogP) is 3.22. The zero-order valence-electron chi connectivity index (χ0n) is 12.6. The first-order valence-corrected chi connectivity index (χ1v) is 8.95. The molecule has 2 aromatic heterocycles. The molecule has 1 fully saturated rings. The van der Waals surface area contributed by atoms with E-state index in [4.69, 9.17) is 0 Å². The molecule has 116 valence electrons. The molecule has 1 aliphatic heterocycles. The molecule has 0 aromatic carbocycles. The summed E-state index contributed by atoms with van der Waals surface area (Å²) in [6, 6.07) is 2.38. The van der Waals surface area contributed by atoms with Crippen LogP contribution in [0.3, 0.4) is 0 Å². The van der Waals surface area contributed by atoms with Crippen molar-refractivity contribution in [3.8, 4) is 5.82 Å². The first kappa shape index (κ1) is 13.9. The smallest absolute Gasteiger partial charge is 0.208 e. The Kier molecular flexibility index (Phi) is 3.48. The molecule has 1 saturated carbocycles. The number of rotatable bonds is 3. The lowest BCUT2D eigenvalue weighted by atomic mass is 10.1. The van der Waals surface area contributed by atoms with Crippen LogP contribution in [0.4, 0.5) is 5.69 Å². The average molecular weight is 316 g/mol. The molecule has 3 heterocycles. The molecule has 1 aliphatic carbocycles. The van der Waals surface area contributed by atoms with Gasteiger partial charge in [-0.1, -0.05) is 12.8 Å². The number of aromatic nitrogens is 3. The minimum atomic E-state index is 0.172. The fraction of sp³-hybridized carbons (Fsp3) is 0.500. The van der Waals surface area contributed by atoms with Gasteiger partial charge in [0.05, 0.1) is 5.69 Å². The molecule has 0 saturated heterocycles. The number of hydrogen-bond donors (Lipinski definition) is 2. The van der Waals surface area contributed by atoms with Crippen molar-refractivity contribution in [2.75, 3.05) is 5.32 Å². The molecule has 0 spiro atoms. The van der Waals surface area contributed by atoms with Crippen LogP contribution in [0, 0.1) is 0 Å². The van der Waals surface area contributed by atoms with Gasteiger partial charge in [0, 0.05) is 46.8 Å². The van der Waals surface area contributed by atoms with Gasteiger partial charge >= 0.3 is 0 Å². The summed E-state index contributed by atoms with van der Waals surface area (Å²) in [6.07, 6.45) is 8.58. The molecule has 4 rings (SSSR count). The third-order valence-corrected chi connectivity index (χ3v) is 5.83. The van der Waals surface area contributed by atoms with Crippen LogP contribution in [-0.4, -0.2) is 20.8 Å². The van der Waals surface area contributed by atoms with Crippen molar-refractivity contribution in [1.82, 2.24) is 14.8 Å². The summed E-state index contributed by atoms with van der Waals surface area (Å²) in [4.78, 5) is 12.8. The number of pyridine rings is 1. The Morgan fingerprint density at radius 2 is 2.23 bits per heavy atom. The van der Waals surface area contributed by atoms with Crippen LogP contribution >= 0.6 is 11.8 Å². The molecular weight excluding hydrogens is 296 g/mol. The zero-order valence-corrected chi connectivity index (χ0v) is 13.4. The number of aromatic amines is 1. The molecule has 1 atom stereocenters. The topological polar surface area (TPSA) is 62.7 Å². The maximum Gasteiger partial charge on any atom is 0.208 e. The van der Waals surface area contributed by atoms with E-state index in [-0.39, 0.29) is 5.43 Å². The van der Waals surface area contributed by atoms with E-state index in [1.165, 1.54) is 12.8 Å². The highest BCUT2D eigenvalue weighted by atomic mass is 32.2. The molecule has 2 aliphatic rings. The van der Waals surface area contributed by atoms with E-state index in [9.17, 15) is 4.79 Å². The van der Waals surface area contributed by atoms with E-state index in [2.05, 4.69) is 27.0 Å². The fourth-order valence-electron chi connectivity index (χ4n) is 3.52. The highest BCUT2D eigenvalue weighted by Gasteiger charge is 2.28. The van der Waals surface area contributed by atoms with Crippen molar-refractivity contribution in [1.29, 1.82) is 0 Å². The lowest BCUT2D eigenvalue weighted by Gasteiger charge is -2.18. The van der Waals surface area contributed by atoms with Crippen LogP contribution in [0.25, 0.3) is 5.82 Å². The van der Waals surface area contributed by atoms with Crippen molar-refractivity contribution < 1.29 is 0 Å². The Morgan fingerprint density at radius 3 is 2.95 bits per heavy atom. The first-order valence-electron chi connectivity index (χ1n) is 7.91. The third kappa shape index (κ3) is 2.26. The van der Waals surface area contributed by atoms with Gasteiger partial charge in [-0.15, -0.1) is 11.8 Å². The van der Waals surface area contributed by atoms with Gasteiger partial charge in [0.15, 0.2) is 5.82 Å². The molecule has 2 aromatic rings. The zero-order chi connectivity index (χ0) is 15.1. The predicted molar refractivity (Wildman–Crippen MR) is 89.8 cm³/mol. The maximum atomic E-state index is 12.8. The number of nitrogens with zero attached hydrogens (tertiary/aromatic N) is 2. The maximum absolute atomic E-state index is 12.8. The Hall–Kier alpha value is -1.69. The van der Waals surface area contributed by atoms with Crippen molar-refractivity contribution in [2.45, 2.75) is 49.7 Å². The van der Waals surface area contributed by atoms with Gasteiger partial charge in [0.2, 0.25) is 5.43 Å². The molecule has 0 radical (unpaired) electrons. The number of anilines is 1. The van der Waals surface area contributed by atoms with Gasteiger partial charge in [-0.3, -0.25) is 9.89 Å². The lowest BCUT2D eigenvalue weighted by Crippen LogP contribution is -2.25. The van der Waals surface area contributed by atoms with Crippen molar-refractivity contribution in [2.24, 2.45) is 0 Å². The summed E-state index contributed by atoms with van der Waals surface area (Å²) in [7, 11) is 0. The summed E-state index contributed by atoms with van der Waals surface area (Å²) < 4.78 is 2.08. The Bertz CT molecular complexity index is 731. The summed E-state index contributed by atoms with van der Waals surface area (Å²) in [6.45, 7) is 2.16. The highest BCUT2D eigenvalue weighted by Crippen LogP contribution is 2.41. The number of hydrogen-bond acceptors (Lipinski definition) is 4. The van der Waals surface area contributed by atoms with Crippen LogP contribution in [-0.2, 0) is 5.75 Å². The molecule has 2 N–H and O–H groups in total. The van der Waals surface area contributed by atoms with Crippen LogP contribution in [0.5, 0.6) is 0 Å². The molecule has 5 nitrogen and oxygen atoms in total. The number of nitrogens with one attached hydrogen (secondary N) is 2. The summed E-state index contributed by atoms with van der Waals surface area (Å²) >= 11 is 1.82. The number of H-pyrrole nitrogens is 1. The third-order valence-electron chi connectivity index (χ3n) is 4.66. The monoisotopic (exact) mass is 316 g/mol. The Morgan fingerprint density at radius 1 is 1.41 bits per heavy atom. The summed E-state index contributed by atoms with van der Waals surface area (Å²) in [5, 5.41) is 11.0. The van der Waals surface area contributed by atoms with Crippen molar-refractivity contribution >= 4 is 17.4 Å². The summed E-state index contributed by atoms with van der Waals surface area (Å²) in [5.41, 5.74) is 2.93. The Balaban J connectivity index is 1.83. The molecular formula is C16H20N4OS. The van der Waals surface area contributed by atoms with E-state index in [0.29, 0.717) is 11.3 Å². The van der Waals surface area contributed by atoms with Crippen molar-refractivity contribution in [3.63, 3.8) is 0 Å². The van der Waals surface area contributed by atoms with Gasteiger partial charge in [0.1, 0.15) is 0 Å². The number of thioether (sulfide) groups is 1. The minimum absolute atomic E-state index is 0.172.